The summed E-state index contributed by atoms with van der Waals surface area (Å²) in [7, 11) is 1.77. The van der Waals surface area contributed by atoms with Crippen molar-refractivity contribution in [3.63, 3.8) is 0 Å². The van der Waals surface area contributed by atoms with E-state index in [0.717, 1.165) is 29.2 Å². The number of carbonyl (C=O) groups is 1. The zero-order chi connectivity index (χ0) is 15.0. The summed E-state index contributed by atoms with van der Waals surface area (Å²) in [6.45, 7) is 7.93. The van der Waals surface area contributed by atoms with Crippen molar-refractivity contribution in [2.45, 2.75) is 59.3 Å². The van der Waals surface area contributed by atoms with Crippen LogP contribution in [0.3, 0.4) is 0 Å². The first-order valence-electron chi connectivity index (χ1n) is 8.14. The third kappa shape index (κ3) is 3.75. The van der Waals surface area contributed by atoms with Crippen molar-refractivity contribution in [3.05, 3.63) is 0 Å². The second-order valence-electron chi connectivity index (χ2n) is 8.31. The number of carboxylic acid groups (broad SMARTS) is 1. The van der Waals surface area contributed by atoms with Crippen LogP contribution in [-0.2, 0) is 4.79 Å². The highest BCUT2D eigenvalue weighted by molar-refractivity contribution is 5.68. The monoisotopic (exact) mass is 281 g/mol. The normalized spacial score (nSPS) is 41.5. The van der Waals surface area contributed by atoms with Crippen LogP contribution in [-0.4, -0.2) is 36.1 Å². The second-order valence-corrected chi connectivity index (χ2v) is 8.31. The lowest BCUT2D eigenvalue weighted by atomic mass is 9.45. The molecule has 20 heavy (non-hydrogen) atoms. The van der Waals surface area contributed by atoms with Gasteiger partial charge < -0.3 is 5.11 Å². The molecule has 116 valence electrons. The van der Waals surface area contributed by atoms with Gasteiger partial charge in [-0.05, 0) is 74.8 Å². The Morgan fingerprint density at radius 2 is 1.60 bits per heavy atom. The molecule has 4 bridgehead atoms. The molecule has 0 spiro atoms. The van der Waals surface area contributed by atoms with Gasteiger partial charge >= 0.3 is 5.97 Å². The molecule has 4 saturated carbocycles. The Morgan fingerprint density at radius 3 is 1.85 bits per heavy atom. The first kappa shape index (κ1) is 15.8. The van der Waals surface area contributed by atoms with Gasteiger partial charge in [-0.25, -0.2) is 0 Å². The molecule has 1 N–H and O–H groups in total. The minimum absolute atomic E-state index is 0.135. The summed E-state index contributed by atoms with van der Waals surface area (Å²) in [5.41, 5.74) is 1.53. The van der Waals surface area contributed by atoms with Crippen LogP contribution in [0, 0.1) is 22.7 Å². The molecule has 4 fully saturated rings. The molecule has 3 nitrogen and oxygen atoms in total. The van der Waals surface area contributed by atoms with Crippen LogP contribution < -0.4 is 0 Å². The average Bonchev–Trinajstić information content (AvgIpc) is 2.23. The minimum Gasteiger partial charge on any atom is -0.480 e. The van der Waals surface area contributed by atoms with E-state index in [2.05, 4.69) is 13.8 Å². The quantitative estimate of drug-likeness (QED) is 0.858. The fraction of sp³-hybridized carbons (Fsp3) is 0.941. The van der Waals surface area contributed by atoms with E-state index in [1.165, 1.54) is 6.42 Å². The van der Waals surface area contributed by atoms with E-state index in [1.54, 1.807) is 44.1 Å². The molecule has 4 rings (SSSR count). The maximum Gasteiger partial charge on any atom is 0.317 e. The Hall–Kier alpha value is -0.570. The van der Waals surface area contributed by atoms with Crippen LogP contribution in [0.1, 0.15) is 59.3 Å². The molecule has 0 saturated heterocycles. The predicted octanol–water partition coefficient (Wildman–Crippen LogP) is 3.64. The van der Waals surface area contributed by atoms with Gasteiger partial charge in [-0.2, -0.15) is 0 Å². The summed E-state index contributed by atoms with van der Waals surface area (Å²) in [6.07, 6.45) is 9.33. The lowest BCUT2D eigenvalue weighted by molar-refractivity contribution is -0.137. The number of aliphatic carboxylic acids is 1. The molecule has 3 heteroatoms. The molecule has 0 unspecified atom stereocenters. The zero-order valence-electron chi connectivity index (χ0n) is 13.6. The largest absolute Gasteiger partial charge is 0.480 e. The Kier molecular flexibility index (Phi) is 4.48. The van der Waals surface area contributed by atoms with Gasteiger partial charge in [0, 0.05) is 0 Å². The third-order valence-electron chi connectivity index (χ3n) is 5.59. The Bertz CT molecular complexity index is 332. The molecule has 0 radical (unpaired) electrons. The summed E-state index contributed by atoms with van der Waals surface area (Å²) in [6, 6.07) is 0. The van der Waals surface area contributed by atoms with E-state index in [-0.39, 0.29) is 6.54 Å². The number of likely N-dealkylation sites (N-methyl/N-ethyl adjacent to an activating group) is 1. The van der Waals surface area contributed by atoms with Crippen molar-refractivity contribution in [3.8, 4) is 0 Å². The van der Waals surface area contributed by atoms with E-state index in [9.17, 15) is 4.79 Å². The van der Waals surface area contributed by atoms with Crippen molar-refractivity contribution in [1.29, 1.82) is 0 Å². The fourth-order valence-corrected chi connectivity index (χ4v) is 5.57. The SMILES string of the molecule is CC12CC3CC(C1)CC(C)(C3)C2.CCN(C)CC(=O)O. The number of hydrogen-bond donors (Lipinski definition) is 1. The lowest BCUT2D eigenvalue weighted by Crippen LogP contribution is -2.49. The molecular weight excluding hydrogens is 250 g/mol. The van der Waals surface area contributed by atoms with E-state index in [0.29, 0.717) is 0 Å². The van der Waals surface area contributed by atoms with Gasteiger partial charge in [0.15, 0.2) is 0 Å². The zero-order valence-corrected chi connectivity index (χ0v) is 13.6. The molecule has 0 amide bonds. The predicted molar refractivity (Wildman–Crippen MR) is 81.7 cm³/mol. The number of hydrogen-bond acceptors (Lipinski definition) is 2. The highest BCUT2D eigenvalue weighted by atomic mass is 16.4. The van der Waals surface area contributed by atoms with Crippen LogP contribution >= 0.6 is 0 Å². The fourth-order valence-electron chi connectivity index (χ4n) is 5.57. The molecule has 0 aromatic carbocycles. The maximum absolute atomic E-state index is 9.93. The topological polar surface area (TPSA) is 40.5 Å². The van der Waals surface area contributed by atoms with Crippen LogP contribution in [0.25, 0.3) is 0 Å². The van der Waals surface area contributed by atoms with Crippen molar-refractivity contribution < 1.29 is 9.90 Å². The van der Waals surface area contributed by atoms with E-state index < -0.39 is 5.97 Å². The van der Waals surface area contributed by atoms with Gasteiger partial charge in [0.1, 0.15) is 0 Å². The van der Waals surface area contributed by atoms with Crippen molar-refractivity contribution >= 4 is 5.97 Å². The minimum atomic E-state index is -0.769. The van der Waals surface area contributed by atoms with E-state index in [4.69, 9.17) is 5.11 Å². The summed E-state index contributed by atoms with van der Waals surface area (Å²) < 4.78 is 0. The molecule has 0 atom stereocenters. The highest BCUT2D eigenvalue weighted by Gasteiger charge is 2.53. The number of nitrogens with zero attached hydrogens (tertiary/aromatic N) is 1. The summed E-state index contributed by atoms with van der Waals surface area (Å²) in [5, 5.41) is 8.17. The highest BCUT2D eigenvalue weighted by Crippen LogP contribution is 2.64. The average molecular weight is 281 g/mol. The number of rotatable bonds is 3. The van der Waals surface area contributed by atoms with Crippen LogP contribution in [0.2, 0.25) is 0 Å². The lowest BCUT2D eigenvalue weighted by Gasteiger charge is -2.60. The van der Waals surface area contributed by atoms with Crippen LogP contribution in [0.15, 0.2) is 0 Å². The van der Waals surface area contributed by atoms with Gasteiger partial charge in [-0.15, -0.1) is 0 Å². The Balaban J connectivity index is 0.000000163. The van der Waals surface area contributed by atoms with Crippen LogP contribution in [0.4, 0.5) is 0 Å². The molecule has 4 aliphatic rings. The van der Waals surface area contributed by atoms with Crippen molar-refractivity contribution in [1.82, 2.24) is 4.90 Å². The molecule has 0 aromatic rings. The van der Waals surface area contributed by atoms with Crippen molar-refractivity contribution in [2.75, 3.05) is 20.1 Å². The van der Waals surface area contributed by atoms with E-state index in [1.807, 2.05) is 6.92 Å². The van der Waals surface area contributed by atoms with Gasteiger partial charge in [0.25, 0.3) is 0 Å². The second kappa shape index (κ2) is 5.67. The Labute approximate surface area is 123 Å². The Morgan fingerprint density at radius 1 is 1.15 bits per heavy atom. The summed E-state index contributed by atoms with van der Waals surface area (Å²) in [5.74, 6) is 1.46. The van der Waals surface area contributed by atoms with Gasteiger partial charge in [0.2, 0.25) is 0 Å². The molecule has 4 aliphatic carbocycles. The van der Waals surface area contributed by atoms with E-state index >= 15 is 0 Å². The third-order valence-corrected chi connectivity index (χ3v) is 5.59. The van der Waals surface area contributed by atoms with Gasteiger partial charge in [0.05, 0.1) is 6.54 Å². The van der Waals surface area contributed by atoms with Gasteiger partial charge in [-0.1, -0.05) is 20.8 Å². The summed E-state index contributed by atoms with van der Waals surface area (Å²) in [4.78, 5) is 11.7. The first-order chi connectivity index (χ1) is 9.23. The molecule has 0 heterocycles. The standard InChI is InChI=1S/C12H20.C5H11NO2/c1-11-4-9-3-10(5-11)7-12(2,6-9)8-11;1-3-6(2)4-5(7)8/h9-10H,3-8H2,1-2H3;3-4H2,1-2H3,(H,7,8). The summed E-state index contributed by atoms with van der Waals surface area (Å²) >= 11 is 0. The van der Waals surface area contributed by atoms with Crippen molar-refractivity contribution in [2.24, 2.45) is 22.7 Å². The van der Waals surface area contributed by atoms with Gasteiger partial charge in [-0.3, -0.25) is 9.69 Å². The number of carboxylic acids is 1. The molecule has 0 aromatic heterocycles. The molecular formula is C17H31NO2. The van der Waals surface area contributed by atoms with Crippen LogP contribution in [0.5, 0.6) is 0 Å². The smallest absolute Gasteiger partial charge is 0.317 e. The first-order valence-corrected chi connectivity index (χ1v) is 8.14. The maximum atomic E-state index is 9.93. The molecule has 0 aliphatic heterocycles.